The van der Waals surface area contributed by atoms with E-state index in [0.29, 0.717) is 12.3 Å². The highest BCUT2D eigenvalue weighted by molar-refractivity contribution is 5.80. The molecule has 0 aromatic heterocycles. The van der Waals surface area contributed by atoms with E-state index in [-0.39, 0.29) is 5.91 Å². The summed E-state index contributed by atoms with van der Waals surface area (Å²) in [6.07, 6.45) is 3.98. The van der Waals surface area contributed by atoms with Crippen LogP contribution < -0.4 is 5.32 Å². The SMILES string of the molecule is CC(C)(NC(=O)CC1CCC1)C(C)(C)C(=O)O. The van der Waals surface area contributed by atoms with E-state index in [9.17, 15) is 14.7 Å². The molecule has 0 radical (unpaired) electrons. The van der Waals surface area contributed by atoms with Crippen LogP contribution in [-0.2, 0) is 9.59 Å². The van der Waals surface area contributed by atoms with Crippen molar-refractivity contribution in [2.45, 2.75) is 58.9 Å². The average Bonchev–Trinajstić information content (AvgIpc) is 2.10. The Morgan fingerprint density at radius 3 is 2.12 bits per heavy atom. The van der Waals surface area contributed by atoms with Crippen molar-refractivity contribution in [3.05, 3.63) is 0 Å². The molecule has 4 nitrogen and oxygen atoms in total. The maximum atomic E-state index is 11.8. The zero-order valence-corrected chi connectivity index (χ0v) is 11.2. The molecule has 1 rings (SSSR count). The lowest BCUT2D eigenvalue weighted by Crippen LogP contribution is -2.57. The number of rotatable bonds is 5. The van der Waals surface area contributed by atoms with Crippen molar-refractivity contribution in [2.24, 2.45) is 11.3 Å². The summed E-state index contributed by atoms with van der Waals surface area (Å²) in [4.78, 5) is 23.0. The van der Waals surface area contributed by atoms with Crippen LogP contribution in [0.2, 0.25) is 0 Å². The van der Waals surface area contributed by atoms with E-state index in [2.05, 4.69) is 5.32 Å². The highest BCUT2D eigenvalue weighted by Crippen LogP contribution is 2.32. The van der Waals surface area contributed by atoms with E-state index in [4.69, 9.17) is 0 Å². The molecule has 1 saturated carbocycles. The summed E-state index contributed by atoms with van der Waals surface area (Å²) in [5.74, 6) is -0.431. The van der Waals surface area contributed by atoms with Gasteiger partial charge in [0.05, 0.1) is 5.41 Å². The second-order valence-electron chi connectivity index (χ2n) is 6.10. The Morgan fingerprint density at radius 2 is 1.76 bits per heavy atom. The molecule has 0 aliphatic heterocycles. The van der Waals surface area contributed by atoms with Crippen LogP contribution >= 0.6 is 0 Å². The maximum absolute atomic E-state index is 11.8. The first kappa shape index (κ1) is 14.0. The minimum Gasteiger partial charge on any atom is -0.481 e. The molecule has 0 aromatic carbocycles. The Bertz CT molecular complexity index is 317. The number of aliphatic carboxylic acids is 1. The van der Waals surface area contributed by atoms with Crippen LogP contribution in [0.25, 0.3) is 0 Å². The summed E-state index contributed by atoms with van der Waals surface area (Å²) < 4.78 is 0. The van der Waals surface area contributed by atoms with E-state index < -0.39 is 16.9 Å². The van der Waals surface area contributed by atoms with Gasteiger partial charge >= 0.3 is 5.97 Å². The fourth-order valence-electron chi connectivity index (χ4n) is 1.78. The zero-order chi connectivity index (χ0) is 13.3. The molecule has 0 bridgehead atoms. The van der Waals surface area contributed by atoms with Crippen molar-refractivity contribution in [2.75, 3.05) is 0 Å². The summed E-state index contributed by atoms with van der Waals surface area (Å²) in [5, 5.41) is 12.0. The lowest BCUT2D eigenvalue weighted by Gasteiger charge is -2.39. The van der Waals surface area contributed by atoms with Crippen molar-refractivity contribution in [1.29, 1.82) is 0 Å². The van der Waals surface area contributed by atoms with E-state index in [1.54, 1.807) is 27.7 Å². The smallest absolute Gasteiger partial charge is 0.311 e. The van der Waals surface area contributed by atoms with Crippen molar-refractivity contribution < 1.29 is 14.7 Å². The fraction of sp³-hybridized carbons (Fsp3) is 0.846. The quantitative estimate of drug-likeness (QED) is 0.775. The van der Waals surface area contributed by atoms with Gasteiger partial charge in [-0.25, -0.2) is 0 Å². The van der Waals surface area contributed by atoms with Gasteiger partial charge in [-0.15, -0.1) is 0 Å². The van der Waals surface area contributed by atoms with E-state index in [0.717, 1.165) is 12.8 Å². The molecule has 0 aromatic rings. The first-order valence-corrected chi connectivity index (χ1v) is 6.21. The summed E-state index contributed by atoms with van der Waals surface area (Å²) in [5.41, 5.74) is -1.73. The van der Waals surface area contributed by atoms with Gasteiger partial charge in [-0.05, 0) is 46.5 Å². The first-order valence-electron chi connectivity index (χ1n) is 6.21. The van der Waals surface area contributed by atoms with Gasteiger partial charge in [0.1, 0.15) is 0 Å². The molecule has 0 heterocycles. The summed E-state index contributed by atoms with van der Waals surface area (Å²) in [6, 6.07) is 0. The molecule has 98 valence electrons. The Balaban J connectivity index is 2.58. The van der Waals surface area contributed by atoms with Gasteiger partial charge < -0.3 is 10.4 Å². The van der Waals surface area contributed by atoms with E-state index in [1.807, 2.05) is 0 Å². The van der Waals surface area contributed by atoms with Crippen LogP contribution in [0.1, 0.15) is 53.4 Å². The van der Waals surface area contributed by atoms with Crippen LogP contribution in [0, 0.1) is 11.3 Å². The number of nitrogens with one attached hydrogen (secondary N) is 1. The molecule has 1 aliphatic carbocycles. The minimum absolute atomic E-state index is 0.0333. The number of amides is 1. The first-order chi connectivity index (χ1) is 7.67. The molecule has 0 spiro atoms. The largest absolute Gasteiger partial charge is 0.481 e. The molecule has 1 amide bonds. The second kappa shape index (κ2) is 4.67. The number of hydrogen-bond donors (Lipinski definition) is 2. The highest BCUT2D eigenvalue weighted by atomic mass is 16.4. The summed E-state index contributed by atoms with van der Waals surface area (Å²) >= 11 is 0. The third-order valence-electron chi connectivity index (χ3n) is 4.25. The van der Waals surface area contributed by atoms with Crippen LogP contribution in [0.5, 0.6) is 0 Å². The van der Waals surface area contributed by atoms with Crippen molar-refractivity contribution in [3.63, 3.8) is 0 Å². The second-order valence-corrected chi connectivity index (χ2v) is 6.10. The van der Waals surface area contributed by atoms with Crippen molar-refractivity contribution in [3.8, 4) is 0 Å². The third kappa shape index (κ3) is 2.99. The van der Waals surface area contributed by atoms with Gasteiger partial charge in [0.2, 0.25) is 5.91 Å². The monoisotopic (exact) mass is 241 g/mol. The van der Waals surface area contributed by atoms with Crippen molar-refractivity contribution >= 4 is 11.9 Å². The number of carbonyl (C=O) groups is 2. The number of carboxylic acid groups (broad SMARTS) is 1. The number of carboxylic acids is 1. The number of carbonyl (C=O) groups excluding carboxylic acids is 1. The Hall–Kier alpha value is -1.06. The van der Waals surface area contributed by atoms with Gasteiger partial charge in [-0.2, -0.15) is 0 Å². The van der Waals surface area contributed by atoms with Gasteiger partial charge in [0, 0.05) is 12.0 Å². The maximum Gasteiger partial charge on any atom is 0.311 e. The molecular formula is C13H23NO3. The lowest BCUT2D eigenvalue weighted by molar-refractivity contribution is -0.151. The van der Waals surface area contributed by atoms with E-state index in [1.165, 1.54) is 6.42 Å². The van der Waals surface area contributed by atoms with Crippen LogP contribution in [0.4, 0.5) is 0 Å². The third-order valence-corrected chi connectivity index (χ3v) is 4.25. The predicted molar refractivity (Wildman–Crippen MR) is 65.6 cm³/mol. The molecule has 0 saturated heterocycles. The Kier molecular flexibility index (Phi) is 3.84. The Labute approximate surface area is 103 Å². The fourth-order valence-corrected chi connectivity index (χ4v) is 1.78. The molecule has 2 N–H and O–H groups in total. The standard InChI is InChI=1S/C13H23NO3/c1-12(2,11(16)17)13(3,4)14-10(15)8-9-6-5-7-9/h9H,5-8H2,1-4H3,(H,14,15)(H,16,17). The highest BCUT2D eigenvalue weighted by Gasteiger charge is 2.44. The van der Waals surface area contributed by atoms with Crippen molar-refractivity contribution in [1.82, 2.24) is 5.32 Å². The van der Waals surface area contributed by atoms with Gasteiger partial charge in [-0.1, -0.05) is 6.42 Å². The lowest BCUT2D eigenvalue weighted by atomic mass is 9.74. The number of hydrogen-bond acceptors (Lipinski definition) is 2. The average molecular weight is 241 g/mol. The predicted octanol–water partition coefficient (Wildman–Crippen LogP) is 2.18. The molecule has 1 aliphatic rings. The van der Waals surface area contributed by atoms with Gasteiger partial charge in [0.15, 0.2) is 0 Å². The van der Waals surface area contributed by atoms with Crippen LogP contribution in [0.15, 0.2) is 0 Å². The van der Waals surface area contributed by atoms with Crippen LogP contribution in [0.3, 0.4) is 0 Å². The topological polar surface area (TPSA) is 66.4 Å². The van der Waals surface area contributed by atoms with E-state index >= 15 is 0 Å². The molecule has 0 atom stereocenters. The summed E-state index contributed by atoms with van der Waals surface area (Å²) in [6.45, 7) is 6.80. The van der Waals surface area contributed by atoms with Gasteiger partial charge in [-0.3, -0.25) is 9.59 Å². The molecule has 0 unspecified atom stereocenters. The summed E-state index contributed by atoms with van der Waals surface area (Å²) in [7, 11) is 0. The van der Waals surface area contributed by atoms with Gasteiger partial charge in [0.25, 0.3) is 0 Å². The molecule has 17 heavy (non-hydrogen) atoms. The molecular weight excluding hydrogens is 218 g/mol. The normalized spacial score (nSPS) is 17.4. The minimum atomic E-state index is -0.984. The van der Waals surface area contributed by atoms with Crippen LogP contribution in [-0.4, -0.2) is 22.5 Å². The Morgan fingerprint density at radius 1 is 1.24 bits per heavy atom. The molecule has 1 fully saturated rings. The molecule has 4 heteroatoms. The zero-order valence-electron chi connectivity index (χ0n) is 11.2.